The van der Waals surface area contributed by atoms with Crippen molar-refractivity contribution in [3.8, 4) is 0 Å². The number of nitrogens with two attached hydrogens (primary N) is 1. The minimum Gasteiger partial charge on any atom is -0.481 e. The monoisotopic (exact) mass is 197 g/mol. The first-order valence-electron chi connectivity index (χ1n) is 4.34. The molecule has 14 heavy (non-hydrogen) atoms. The molecule has 0 aliphatic heterocycles. The zero-order chi connectivity index (χ0) is 10.9. The first-order chi connectivity index (χ1) is 6.35. The molecule has 1 aromatic rings. The number of carboxylic acid groups (broad SMARTS) is 1. The van der Waals surface area contributed by atoms with E-state index in [4.69, 9.17) is 10.8 Å². The zero-order valence-corrected chi connectivity index (χ0v) is 8.56. The van der Waals surface area contributed by atoms with E-state index in [2.05, 4.69) is 5.10 Å². The highest BCUT2D eigenvalue weighted by molar-refractivity contribution is 5.74. The quantitative estimate of drug-likeness (QED) is 0.740. The summed E-state index contributed by atoms with van der Waals surface area (Å²) in [6, 6.07) is 1.14. The van der Waals surface area contributed by atoms with Crippen LogP contribution >= 0.6 is 0 Å². The van der Waals surface area contributed by atoms with Gasteiger partial charge in [0.1, 0.15) is 0 Å². The highest BCUT2D eigenvalue weighted by atomic mass is 16.4. The summed E-state index contributed by atoms with van der Waals surface area (Å²) in [7, 11) is 1.77. The molecule has 1 unspecified atom stereocenters. The van der Waals surface area contributed by atoms with Crippen LogP contribution in [0.15, 0.2) is 12.3 Å². The maximum absolute atomic E-state index is 10.9. The molecule has 0 amide bonds. The van der Waals surface area contributed by atoms with Crippen LogP contribution in [0.2, 0.25) is 0 Å². The van der Waals surface area contributed by atoms with Crippen LogP contribution in [0.5, 0.6) is 0 Å². The van der Waals surface area contributed by atoms with Crippen LogP contribution in [0, 0.1) is 5.41 Å². The average Bonchev–Trinajstić information content (AvgIpc) is 2.50. The topological polar surface area (TPSA) is 81.1 Å². The van der Waals surface area contributed by atoms with Crippen LogP contribution in [0.3, 0.4) is 0 Å². The van der Waals surface area contributed by atoms with E-state index in [9.17, 15) is 4.79 Å². The second kappa shape index (κ2) is 3.42. The lowest BCUT2D eigenvalue weighted by atomic mass is 9.83. The third-order valence-electron chi connectivity index (χ3n) is 2.38. The normalized spacial score (nSPS) is 14.0. The molecule has 5 heteroatoms. The fourth-order valence-corrected chi connectivity index (χ4v) is 1.10. The molecule has 0 bridgehead atoms. The van der Waals surface area contributed by atoms with Gasteiger partial charge in [-0.05, 0) is 19.9 Å². The third-order valence-corrected chi connectivity index (χ3v) is 2.38. The van der Waals surface area contributed by atoms with Crippen molar-refractivity contribution in [1.82, 2.24) is 9.78 Å². The van der Waals surface area contributed by atoms with Crippen LogP contribution in [0.1, 0.15) is 25.6 Å². The predicted molar refractivity (Wildman–Crippen MR) is 51.6 cm³/mol. The molecule has 0 fully saturated rings. The molecule has 3 N–H and O–H groups in total. The summed E-state index contributed by atoms with van der Waals surface area (Å²) < 4.78 is 1.60. The van der Waals surface area contributed by atoms with Crippen LogP contribution < -0.4 is 5.73 Å². The van der Waals surface area contributed by atoms with Crippen molar-refractivity contribution in [2.75, 3.05) is 0 Å². The largest absolute Gasteiger partial charge is 0.481 e. The van der Waals surface area contributed by atoms with E-state index in [1.807, 2.05) is 0 Å². The van der Waals surface area contributed by atoms with Gasteiger partial charge in [-0.2, -0.15) is 5.10 Å². The fourth-order valence-electron chi connectivity index (χ4n) is 1.10. The Hall–Kier alpha value is -1.36. The first-order valence-corrected chi connectivity index (χ1v) is 4.34. The molecule has 5 nitrogen and oxygen atoms in total. The van der Waals surface area contributed by atoms with Gasteiger partial charge >= 0.3 is 5.97 Å². The second-order valence-electron chi connectivity index (χ2n) is 3.92. The highest BCUT2D eigenvalue weighted by Gasteiger charge is 2.36. The van der Waals surface area contributed by atoms with Gasteiger partial charge in [-0.1, -0.05) is 0 Å². The Morgan fingerprint density at radius 2 is 2.29 bits per heavy atom. The standard InChI is InChI=1S/C9H15N3O2/c1-9(2,8(13)14)7(10)6-4-5-12(3)11-6/h4-5,7H,10H2,1-3H3,(H,13,14). The molecule has 0 saturated heterocycles. The van der Waals surface area contributed by atoms with Crippen LogP contribution in [-0.4, -0.2) is 20.9 Å². The molecule has 0 spiro atoms. The number of rotatable bonds is 3. The molecule has 1 atom stereocenters. The van der Waals surface area contributed by atoms with E-state index in [1.54, 1.807) is 37.8 Å². The number of aryl methyl sites for hydroxylation is 1. The summed E-state index contributed by atoms with van der Waals surface area (Å²) in [6.07, 6.45) is 1.74. The van der Waals surface area contributed by atoms with E-state index in [0.717, 1.165) is 0 Å². The molecule has 1 heterocycles. The van der Waals surface area contributed by atoms with Crippen molar-refractivity contribution in [2.24, 2.45) is 18.2 Å². The zero-order valence-electron chi connectivity index (χ0n) is 8.56. The Labute approximate surface area is 82.5 Å². The van der Waals surface area contributed by atoms with E-state index in [1.165, 1.54) is 0 Å². The van der Waals surface area contributed by atoms with Gasteiger partial charge in [-0.3, -0.25) is 9.48 Å². The Morgan fingerprint density at radius 1 is 1.71 bits per heavy atom. The second-order valence-corrected chi connectivity index (χ2v) is 3.92. The van der Waals surface area contributed by atoms with Gasteiger partial charge < -0.3 is 10.8 Å². The number of hydrogen-bond acceptors (Lipinski definition) is 3. The van der Waals surface area contributed by atoms with Crippen LogP contribution in [-0.2, 0) is 11.8 Å². The molecule has 0 aromatic carbocycles. The maximum atomic E-state index is 10.9. The Balaban J connectivity index is 2.95. The smallest absolute Gasteiger partial charge is 0.311 e. The maximum Gasteiger partial charge on any atom is 0.311 e. The summed E-state index contributed by atoms with van der Waals surface area (Å²) in [6.45, 7) is 3.18. The van der Waals surface area contributed by atoms with Crippen molar-refractivity contribution in [3.05, 3.63) is 18.0 Å². The molecular weight excluding hydrogens is 182 g/mol. The molecular formula is C9H15N3O2. The third kappa shape index (κ3) is 1.77. The SMILES string of the molecule is Cn1ccc(C(N)C(C)(C)C(=O)O)n1. The molecule has 0 aliphatic rings. The Morgan fingerprint density at radius 3 is 2.64 bits per heavy atom. The van der Waals surface area contributed by atoms with Crippen molar-refractivity contribution in [1.29, 1.82) is 0 Å². The summed E-state index contributed by atoms with van der Waals surface area (Å²) in [5.74, 6) is -0.921. The van der Waals surface area contributed by atoms with Crippen LogP contribution in [0.25, 0.3) is 0 Å². The predicted octanol–water partition coefficient (Wildman–Crippen LogP) is 0.531. The number of carboxylic acids is 1. The Bertz CT molecular complexity index is 344. The summed E-state index contributed by atoms with van der Waals surface area (Å²) in [4.78, 5) is 10.9. The lowest BCUT2D eigenvalue weighted by molar-refractivity contribution is -0.148. The van der Waals surface area contributed by atoms with Gasteiger partial charge in [0.05, 0.1) is 17.2 Å². The van der Waals surface area contributed by atoms with Crippen molar-refractivity contribution in [3.63, 3.8) is 0 Å². The summed E-state index contributed by atoms with van der Waals surface area (Å²) in [5.41, 5.74) is 5.42. The van der Waals surface area contributed by atoms with Crippen molar-refractivity contribution < 1.29 is 9.90 Å². The number of nitrogens with zero attached hydrogens (tertiary/aromatic N) is 2. The van der Waals surface area contributed by atoms with Gasteiger partial charge in [0, 0.05) is 13.2 Å². The van der Waals surface area contributed by atoms with E-state index in [0.29, 0.717) is 5.69 Å². The van der Waals surface area contributed by atoms with Crippen LogP contribution in [0.4, 0.5) is 0 Å². The molecule has 78 valence electrons. The van der Waals surface area contributed by atoms with Gasteiger partial charge in [0.2, 0.25) is 0 Å². The summed E-state index contributed by atoms with van der Waals surface area (Å²) in [5, 5.41) is 13.1. The van der Waals surface area contributed by atoms with Gasteiger partial charge in [-0.15, -0.1) is 0 Å². The average molecular weight is 197 g/mol. The number of aromatic nitrogens is 2. The minimum absolute atomic E-state index is 0.596. The molecule has 0 aliphatic carbocycles. The van der Waals surface area contributed by atoms with Gasteiger partial charge in [0.15, 0.2) is 0 Å². The number of aliphatic carboxylic acids is 1. The lowest BCUT2D eigenvalue weighted by Crippen LogP contribution is -2.36. The van der Waals surface area contributed by atoms with E-state index < -0.39 is 17.4 Å². The first kappa shape index (κ1) is 10.7. The van der Waals surface area contributed by atoms with Gasteiger partial charge in [-0.25, -0.2) is 0 Å². The lowest BCUT2D eigenvalue weighted by Gasteiger charge is -2.25. The number of hydrogen-bond donors (Lipinski definition) is 2. The van der Waals surface area contributed by atoms with Crippen molar-refractivity contribution >= 4 is 5.97 Å². The van der Waals surface area contributed by atoms with Crippen molar-refractivity contribution in [2.45, 2.75) is 19.9 Å². The molecule has 1 aromatic heterocycles. The Kier molecular flexibility index (Phi) is 2.62. The molecule has 1 rings (SSSR count). The molecule has 0 radical (unpaired) electrons. The minimum atomic E-state index is -1.01. The van der Waals surface area contributed by atoms with E-state index in [-0.39, 0.29) is 0 Å². The molecule has 0 saturated carbocycles. The fraction of sp³-hybridized carbons (Fsp3) is 0.556. The summed E-state index contributed by atoms with van der Waals surface area (Å²) >= 11 is 0. The van der Waals surface area contributed by atoms with E-state index >= 15 is 0 Å². The van der Waals surface area contributed by atoms with Gasteiger partial charge in [0.25, 0.3) is 0 Å². The number of carbonyl (C=O) groups is 1. The highest BCUT2D eigenvalue weighted by Crippen LogP contribution is 2.30.